The number of fused-ring (bicyclic) bond motifs is 2. The van der Waals surface area contributed by atoms with Crippen molar-refractivity contribution in [2.75, 3.05) is 101 Å². The highest BCUT2D eigenvalue weighted by molar-refractivity contribution is 5.88. The monoisotopic (exact) mass is 639 g/mol. The van der Waals surface area contributed by atoms with Gasteiger partial charge in [-0.15, -0.1) is 0 Å². The summed E-state index contributed by atoms with van der Waals surface area (Å²) in [5.74, 6) is 1.81. The van der Waals surface area contributed by atoms with Crippen molar-refractivity contribution >= 4 is 23.4 Å². The van der Waals surface area contributed by atoms with Crippen LogP contribution >= 0.6 is 0 Å². The SMILES string of the molecule is CN(C)C1CN(c2nc3c(c(N4CCN(C(=O)C=CCN5CCOCC5)C(CC#N)C4)n2)CCC(N2CCCc4ccccc42)C3)C1. The molecule has 250 valence electrons. The molecule has 1 aromatic carbocycles. The van der Waals surface area contributed by atoms with Crippen molar-refractivity contribution in [3.63, 3.8) is 0 Å². The fraction of sp³-hybridized carbons (Fsp3) is 0.611. The predicted molar refractivity (Wildman–Crippen MR) is 184 cm³/mol. The van der Waals surface area contributed by atoms with Gasteiger partial charge in [0.1, 0.15) is 5.82 Å². The zero-order valence-corrected chi connectivity index (χ0v) is 28.1. The molecular formula is C36H49N9O2. The molecule has 2 unspecified atom stereocenters. The Bertz CT molecular complexity index is 1490. The number of aryl methyl sites for hydroxylation is 1. The molecule has 1 aromatic heterocycles. The number of piperazine rings is 1. The number of ether oxygens (including phenoxy) is 1. The molecule has 0 saturated carbocycles. The van der Waals surface area contributed by atoms with Crippen LogP contribution in [-0.4, -0.2) is 135 Å². The minimum absolute atomic E-state index is 0.0106. The number of hydrogen-bond acceptors (Lipinski definition) is 10. The first-order valence-electron chi connectivity index (χ1n) is 17.5. The van der Waals surface area contributed by atoms with Crippen molar-refractivity contribution in [3.05, 3.63) is 53.2 Å². The Kier molecular flexibility index (Phi) is 9.61. The molecule has 11 heteroatoms. The zero-order valence-electron chi connectivity index (χ0n) is 28.1. The number of morpholine rings is 1. The molecule has 47 heavy (non-hydrogen) atoms. The van der Waals surface area contributed by atoms with Gasteiger partial charge in [0.25, 0.3) is 0 Å². The molecule has 3 fully saturated rings. The molecule has 0 bridgehead atoms. The second kappa shape index (κ2) is 14.2. The second-order valence-corrected chi connectivity index (χ2v) is 13.9. The Labute approximate surface area is 279 Å². The Hall–Kier alpha value is -3.72. The normalized spacial score (nSPS) is 23.9. The van der Waals surface area contributed by atoms with Crippen LogP contribution in [0.3, 0.4) is 0 Å². The lowest BCUT2D eigenvalue weighted by atomic mass is 9.88. The van der Waals surface area contributed by atoms with E-state index in [-0.39, 0.29) is 11.9 Å². The summed E-state index contributed by atoms with van der Waals surface area (Å²) in [6.45, 7) is 8.79. The van der Waals surface area contributed by atoms with Crippen molar-refractivity contribution in [1.82, 2.24) is 24.7 Å². The lowest BCUT2D eigenvalue weighted by molar-refractivity contribution is -0.128. The standard InChI is InChI=1S/C36H49N9O2/c1-40(2)30-25-43(26-30)36-38-32-23-28(44-16-5-8-27-7-3-4-9-33(27)44)11-12-31(32)35(39-36)42-17-18-45(29(24-42)13-14-37)34(46)10-6-15-41-19-21-47-22-20-41/h3-4,6-7,9-10,28-30H,5,8,11-13,15-26H2,1-2H3. The predicted octanol–water partition coefficient (Wildman–Crippen LogP) is 2.36. The van der Waals surface area contributed by atoms with Crippen LogP contribution in [0, 0.1) is 11.3 Å². The first-order valence-corrected chi connectivity index (χ1v) is 17.5. The molecule has 2 atom stereocenters. The highest BCUT2D eigenvalue weighted by Gasteiger charge is 2.37. The van der Waals surface area contributed by atoms with Crippen molar-refractivity contribution in [3.8, 4) is 6.07 Å². The summed E-state index contributed by atoms with van der Waals surface area (Å²) >= 11 is 0. The molecule has 0 radical (unpaired) electrons. The average Bonchev–Trinajstić information content (AvgIpc) is 3.07. The lowest BCUT2D eigenvalue weighted by Gasteiger charge is -2.45. The number of aromatic nitrogens is 2. The van der Waals surface area contributed by atoms with Gasteiger partial charge in [0.15, 0.2) is 0 Å². The van der Waals surface area contributed by atoms with Crippen LogP contribution in [0.15, 0.2) is 36.4 Å². The summed E-state index contributed by atoms with van der Waals surface area (Å²) in [5.41, 5.74) is 5.26. The summed E-state index contributed by atoms with van der Waals surface area (Å²) < 4.78 is 5.44. The number of amides is 1. The number of rotatable bonds is 8. The summed E-state index contributed by atoms with van der Waals surface area (Å²) in [4.78, 5) is 37.6. The number of anilines is 3. The van der Waals surface area contributed by atoms with Gasteiger partial charge in [-0.1, -0.05) is 24.3 Å². The van der Waals surface area contributed by atoms with E-state index in [1.54, 1.807) is 6.08 Å². The fourth-order valence-corrected chi connectivity index (χ4v) is 7.92. The highest BCUT2D eigenvalue weighted by atomic mass is 16.5. The molecular weight excluding hydrogens is 590 g/mol. The lowest BCUT2D eigenvalue weighted by Crippen LogP contribution is -2.58. The molecule has 11 nitrogen and oxygen atoms in total. The summed E-state index contributed by atoms with van der Waals surface area (Å²) in [6.07, 6.45) is 9.20. The molecule has 5 aliphatic rings. The smallest absolute Gasteiger partial charge is 0.246 e. The fourth-order valence-electron chi connectivity index (χ4n) is 7.92. The third kappa shape index (κ3) is 6.82. The molecule has 1 amide bonds. The number of hydrogen-bond donors (Lipinski definition) is 0. The van der Waals surface area contributed by atoms with Crippen molar-refractivity contribution in [2.24, 2.45) is 0 Å². The van der Waals surface area contributed by atoms with E-state index >= 15 is 0 Å². The number of likely N-dealkylation sites (N-methyl/N-ethyl adjacent to an activating group) is 1. The number of carbonyl (C=O) groups is 1. The molecule has 1 aliphatic carbocycles. The Morgan fingerprint density at radius 1 is 1.04 bits per heavy atom. The van der Waals surface area contributed by atoms with E-state index in [9.17, 15) is 10.1 Å². The van der Waals surface area contributed by atoms with Crippen LogP contribution in [0.4, 0.5) is 17.5 Å². The number of nitriles is 1. The van der Waals surface area contributed by atoms with Crippen molar-refractivity contribution < 1.29 is 9.53 Å². The van der Waals surface area contributed by atoms with E-state index in [0.29, 0.717) is 38.1 Å². The first kappa shape index (κ1) is 31.9. The minimum atomic E-state index is -0.188. The van der Waals surface area contributed by atoms with Gasteiger partial charge in [0.05, 0.1) is 37.4 Å². The van der Waals surface area contributed by atoms with Crippen LogP contribution in [0.25, 0.3) is 0 Å². The van der Waals surface area contributed by atoms with E-state index in [1.165, 1.54) is 28.9 Å². The third-order valence-corrected chi connectivity index (χ3v) is 10.8. The second-order valence-electron chi connectivity index (χ2n) is 13.9. The van der Waals surface area contributed by atoms with Gasteiger partial charge in [-0.2, -0.15) is 10.2 Å². The maximum Gasteiger partial charge on any atom is 0.246 e. The Balaban J connectivity index is 1.12. The van der Waals surface area contributed by atoms with Crippen LogP contribution in [0.2, 0.25) is 0 Å². The summed E-state index contributed by atoms with van der Waals surface area (Å²) in [7, 11) is 4.27. The Morgan fingerprint density at radius 3 is 2.68 bits per heavy atom. The zero-order chi connectivity index (χ0) is 32.3. The number of nitrogens with zero attached hydrogens (tertiary/aromatic N) is 9. The van der Waals surface area contributed by atoms with Crippen LogP contribution < -0.4 is 14.7 Å². The number of carbonyl (C=O) groups excluding carboxylic acids is 1. The topological polar surface area (TPSA) is 95.3 Å². The summed E-state index contributed by atoms with van der Waals surface area (Å²) in [6, 6.07) is 12.0. The maximum atomic E-state index is 13.4. The molecule has 4 aliphatic heterocycles. The molecule has 3 saturated heterocycles. The van der Waals surface area contributed by atoms with Crippen LogP contribution in [0.1, 0.15) is 36.1 Å². The van der Waals surface area contributed by atoms with Gasteiger partial charge >= 0.3 is 0 Å². The van der Waals surface area contributed by atoms with Gasteiger partial charge in [-0.25, -0.2) is 4.98 Å². The largest absolute Gasteiger partial charge is 0.379 e. The van der Waals surface area contributed by atoms with Crippen LogP contribution in [-0.2, 0) is 28.8 Å². The molecule has 0 N–H and O–H groups in total. The number of benzene rings is 1. The van der Waals surface area contributed by atoms with Gasteiger partial charge in [0, 0.05) is 94.7 Å². The van der Waals surface area contributed by atoms with Crippen molar-refractivity contribution in [1.29, 1.82) is 5.26 Å². The van der Waals surface area contributed by atoms with Gasteiger partial charge in [-0.05, 0) is 51.4 Å². The molecule has 5 heterocycles. The quantitative estimate of drug-likeness (QED) is 0.401. The van der Waals surface area contributed by atoms with Gasteiger partial charge in [0.2, 0.25) is 11.9 Å². The molecule has 7 rings (SSSR count). The van der Waals surface area contributed by atoms with E-state index < -0.39 is 0 Å². The minimum Gasteiger partial charge on any atom is -0.379 e. The first-order chi connectivity index (χ1) is 23.0. The maximum absolute atomic E-state index is 13.4. The van der Waals surface area contributed by atoms with E-state index in [2.05, 4.69) is 68.9 Å². The average molecular weight is 640 g/mol. The summed E-state index contributed by atoms with van der Waals surface area (Å²) in [5, 5.41) is 9.78. The van der Waals surface area contributed by atoms with Crippen LogP contribution in [0.5, 0.6) is 0 Å². The highest BCUT2D eigenvalue weighted by Crippen LogP contribution is 2.37. The van der Waals surface area contributed by atoms with Gasteiger partial charge < -0.3 is 29.2 Å². The third-order valence-electron chi connectivity index (χ3n) is 10.8. The van der Waals surface area contributed by atoms with Gasteiger partial charge in [-0.3, -0.25) is 9.69 Å². The number of para-hydroxylation sites is 1. The molecule has 0 spiro atoms. The van der Waals surface area contributed by atoms with E-state index in [1.807, 2.05) is 11.0 Å². The molecule has 2 aromatic rings. The van der Waals surface area contributed by atoms with E-state index in [4.69, 9.17) is 14.7 Å². The van der Waals surface area contributed by atoms with Crippen molar-refractivity contribution in [2.45, 2.75) is 56.7 Å². The Morgan fingerprint density at radius 2 is 1.87 bits per heavy atom. The van der Waals surface area contributed by atoms with E-state index in [0.717, 1.165) is 89.9 Å².